The molecule has 0 atom stereocenters. The van der Waals surface area contributed by atoms with Gasteiger partial charge in [0, 0.05) is 37.4 Å². The van der Waals surface area contributed by atoms with Crippen LogP contribution in [0, 0.1) is 6.92 Å². The Balaban J connectivity index is 2.22. The second-order valence-electron chi connectivity index (χ2n) is 4.78. The van der Waals surface area contributed by atoms with Crippen LogP contribution in [0.1, 0.15) is 17.7 Å². The molecule has 1 saturated heterocycles. The highest BCUT2D eigenvalue weighted by Gasteiger charge is 2.16. The summed E-state index contributed by atoms with van der Waals surface area (Å²) in [6.07, 6.45) is 1.19. The molecule has 0 aliphatic carbocycles. The van der Waals surface area contributed by atoms with Gasteiger partial charge < -0.3 is 15.5 Å². The third kappa shape index (κ3) is 2.96. The highest BCUT2D eigenvalue weighted by Crippen LogP contribution is 2.19. The molecule has 0 amide bonds. The molecule has 2 heterocycles. The standard InChI is InChI=1S/C13H22N4/c1-11-4-5-12(10-14)13(15-11)17-7-3-6-16(2)8-9-17/h4-5H,3,6-10,14H2,1-2H3. The number of rotatable bonds is 2. The number of anilines is 1. The van der Waals surface area contributed by atoms with Gasteiger partial charge in [0.25, 0.3) is 0 Å². The van der Waals surface area contributed by atoms with E-state index in [1.807, 2.05) is 13.0 Å². The molecule has 1 aliphatic rings. The number of aryl methyl sites for hydroxylation is 1. The average molecular weight is 234 g/mol. The topological polar surface area (TPSA) is 45.4 Å². The zero-order valence-corrected chi connectivity index (χ0v) is 10.8. The van der Waals surface area contributed by atoms with Crippen molar-refractivity contribution < 1.29 is 0 Å². The Hall–Kier alpha value is -1.13. The summed E-state index contributed by atoms with van der Waals surface area (Å²) >= 11 is 0. The molecular formula is C13H22N4. The van der Waals surface area contributed by atoms with Gasteiger partial charge in [0.2, 0.25) is 0 Å². The van der Waals surface area contributed by atoms with Gasteiger partial charge in [0.15, 0.2) is 0 Å². The Bertz CT molecular complexity index is 378. The van der Waals surface area contributed by atoms with E-state index in [4.69, 9.17) is 5.73 Å². The van der Waals surface area contributed by atoms with Crippen molar-refractivity contribution in [2.45, 2.75) is 19.9 Å². The second-order valence-corrected chi connectivity index (χ2v) is 4.78. The number of nitrogens with zero attached hydrogens (tertiary/aromatic N) is 3. The molecule has 0 saturated carbocycles. The van der Waals surface area contributed by atoms with E-state index < -0.39 is 0 Å². The number of likely N-dealkylation sites (N-methyl/N-ethyl adjacent to an activating group) is 1. The first-order valence-corrected chi connectivity index (χ1v) is 6.31. The van der Waals surface area contributed by atoms with Crippen molar-refractivity contribution in [1.29, 1.82) is 0 Å². The van der Waals surface area contributed by atoms with Gasteiger partial charge in [0.05, 0.1) is 0 Å². The maximum Gasteiger partial charge on any atom is 0.133 e. The van der Waals surface area contributed by atoms with Crippen LogP contribution in [0.5, 0.6) is 0 Å². The van der Waals surface area contributed by atoms with Crippen molar-refractivity contribution in [2.75, 3.05) is 38.1 Å². The molecule has 0 radical (unpaired) electrons. The molecule has 17 heavy (non-hydrogen) atoms. The quantitative estimate of drug-likeness (QED) is 0.829. The van der Waals surface area contributed by atoms with Gasteiger partial charge in [0.1, 0.15) is 5.82 Å². The fraction of sp³-hybridized carbons (Fsp3) is 0.615. The van der Waals surface area contributed by atoms with Crippen LogP contribution in [0.3, 0.4) is 0 Å². The van der Waals surface area contributed by atoms with E-state index in [9.17, 15) is 0 Å². The van der Waals surface area contributed by atoms with Crippen LogP contribution in [0.15, 0.2) is 12.1 Å². The summed E-state index contributed by atoms with van der Waals surface area (Å²) in [5.41, 5.74) is 8.01. The Morgan fingerprint density at radius 1 is 1.24 bits per heavy atom. The van der Waals surface area contributed by atoms with Crippen LogP contribution in [0.4, 0.5) is 5.82 Å². The number of hydrogen-bond donors (Lipinski definition) is 1. The Labute approximate surface area is 103 Å². The molecule has 1 fully saturated rings. The predicted octanol–water partition coefficient (Wildman–Crippen LogP) is 0.991. The van der Waals surface area contributed by atoms with Crippen molar-refractivity contribution in [1.82, 2.24) is 9.88 Å². The van der Waals surface area contributed by atoms with E-state index in [-0.39, 0.29) is 0 Å². The summed E-state index contributed by atoms with van der Waals surface area (Å²) in [7, 11) is 2.18. The lowest BCUT2D eigenvalue weighted by Crippen LogP contribution is -2.30. The SMILES string of the molecule is Cc1ccc(CN)c(N2CCCN(C)CC2)n1. The molecule has 4 nitrogen and oxygen atoms in total. The maximum atomic E-state index is 5.80. The van der Waals surface area contributed by atoms with Gasteiger partial charge in [-0.1, -0.05) is 6.07 Å². The second kappa shape index (κ2) is 5.47. The zero-order chi connectivity index (χ0) is 12.3. The van der Waals surface area contributed by atoms with Crippen molar-refractivity contribution in [2.24, 2.45) is 5.73 Å². The molecule has 0 unspecified atom stereocenters. The fourth-order valence-corrected chi connectivity index (χ4v) is 2.26. The summed E-state index contributed by atoms with van der Waals surface area (Å²) < 4.78 is 0. The molecule has 1 aromatic rings. The molecule has 2 N–H and O–H groups in total. The first-order valence-electron chi connectivity index (χ1n) is 6.31. The van der Waals surface area contributed by atoms with E-state index >= 15 is 0 Å². The summed E-state index contributed by atoms with van der Waals surface area (Å²) in [6, 6.07) is 4.14. The van der Waals surface area contributed by atoms with Crippen LogP contribution in [-0.4, -0.2) is 43.1 Å². The van der Waals surface area contributed by atoms with Crippen molar-refractivity contribution in [3.63, 3.8) is 0 Å². The maximum absolute atomic E-state index is 5.80. The van der Waals surface area contributed by atoms with Crippen LogP contribution in [-0.2, 0) is 6.54 Å². The fourth-order valence-electron chi connectivity index (χ4n) is 2.26. The van der Waals surface area contributed by atoms with Crippen LogP contribution in [0.2, 0.25) is 0 Å². The number of nitrogens with two attached hydrogens (primary N) is 1. The van der Waals surface area contributed by atoms with Crippen LogP contribution in [0.25, 0.3) is 0 Å². The monoisotopic (exact) mass is 234 g/mol. The van der Waals surface area contributed by atoms with Gasteiger partial charge in [-0.15, -0.1) is 0 Å². The summed E-state index contributed by atoms with van der Waals surface area (Å²) in [5, 5.41) is 0. The number of pyridine rings is 1. The van der Waals surface area contributed by atoms with Gasteiger partial charge >= 0.3 is 0 Å². The van der Waals surface area contributed by atoms with Crippen LogP contribution < -0.4 is 10.6 Å². The average Bonchev–Trinajstić information content (AvgIpc) is 2.54. The van der Waals surface area contributed by atoms with Crippen molar-refractivity contribution in [3.8, 4) is 0 Å². The Morgan fingerprint density at radius 3 is 2.82 bits per heavy atom. The van der Waals surface area contributed by atoms with Gasteiger partial charge in [-0.3, -0.25) is 0 Å². The molecule has 1 aromatic heterocycles. The summed E-state index contributed by atoms with van der Waals surface area (Å²) in [6.45, 7) is 6.98. The van der Waals surface area contributed by atoms with E-state index in [1.54, 1.807) is 0 Å². The van der Waals surface area contributed by atoms with Gasteiger partial charge in [-0.2, -0.15) is 0 Å². The summed E-state index contributed by atoms with van der Waals surface area (Å²) in [4.78, 5) is 9.41. The molecule has 4 heteroatoms. The molecule has 0 bridgehead atoms. The molecule has 0 aromatic carbocycles. The number of aromatic nitrogens is 1. The first-order chi connectivity index (χ1) is 8.20. The number of hydrogen-bond acceptors (Lipinski definition) is 4. The first kappa shape index (κ1) is 12.3. The Kier molecular flexibility index (Phi) is 3.97. The largest absolute Gasteiger partial charge is 0.355 e. The molecule has 0 spiro atoms. The third-order valence-electron chi connectivity index (χ3n) is 3.33. The van der Waals surface area contributed by atoms with E-state index in [1.165, 1.54) is 13.0 Å². The smallest absolute Gasteiger partial charge is 0.133 e. The van der Waals surface area contributed by atoms with Crippen molar-refractivity contribution in [3.05, 3.63) is 23.4 Å². The van der Waals surface area contributed by atoms with Crippen molar-refractivity contribution >= 4 is 5.82 Å². The lowest BCUT2D eigenvalue weighted by molar-refractivity contribution is 0.360. The molecule has 2 rings (SSSR count). The van der Waals surface area contributed by atoms with Gasteiger partial charge in [-0.25, -0.2) is 4.98 Å². The molecular weight excluding hydrogens is 212 g/mol. The lowest BCUT2D eigenvalue weighted by atomic mass is 10.2. The minimum atomic E-state index is 0.564. The zero-order valence-electron chi connectivity index (χ0n) is 10.8. The lowest BCUT2D eigenvalue weighted by Gasteiger charge is -2.24. The molecule has 1 aliphatic heterocycles. The predicted molar refractivity (Wildman–Crippen MR) is 71.2 cm³/mol. The minimum Gasteiger partial charge on any atom is -0.355 e. The normalized spacial score (nSPS) is 18.2. The highest BCUT2D eigenvalue weighted by molar-refractivity contribution is 5.48. The van der Waals surface area contributed by atoms with E-state index in [0.717, 1.165) is 36.7 Å². The Morgan fingerprint density at radius 2 is 2.06 bits per heavy atom. The molecule has 94 valence electrons. The minimum absolute atomic E-state index is 0.564. The van der Waals surface area contributed by atoms with Gasteiger partial charge in [-0.05, 0) is 33.0 Å². The van der Waals surface area contributed by atoms with E-state index in [0.29, 0.717) is 6.54 Å². The van der Waals surface area contributed by atoms with Crippen LogP contribution >= 0.6 is 0 Å². The summed E-state index contributed by atoms with van der Waals surface area (Å²) in [5.74, 6) is 1.09. The van der Waals surface area contributed by atoms with E-state index in [2.05, 4.69) is 27.9 Å². The highest BCUT2D eigenvalue weighted by atomic mass is 15.2. The third-order valence-corrected chi connectivity index (χ3v) is 3.33.